The Morgan fingerprint density at radius 2 is 2.19 bits per heavy atom. The van der Waals surface area contributed by atoms with Crippen molar-refractivity contribution in [1.29, 1.82) is 0 Å². The first kappa shape index (κ1) is 18.7. The predicted molar refractivity (Wildman–Crippen MR) is 106 cm³/mol. The second-order valence-electron chi connectivity index (χ2n) is 6.27. The number of hydrogen-bond acceptors (Lipinski definition) is 3. The van der Waals surface area contributed by atoms with E-state index < -0.39 is 11.9 Å². The van der Waals surface area contributed by atoms with Crippen molar-refractivity contribution >= 4 is 39.1 Å². The van der Waals surface area contributed by atoms with Crippen molar-refractivity contribution in [2.75, 3.05) is 0 Å². The van der Waals surface area contributed by atoms with Gasteiger partial charge in [-0.2, -0.15) is 0 Å². The maximum Gasteiger partial charge on any atom is 0.303 e. The number of carbonyl (C=O) groups excluding carboxylic acids is 1. The van der Waals surface area contributed by atoms with Crippen LogP contribution in [0.4, 0.5) is 0 Å². The first-order valence-electron chi connectivity index (χ1n) is 8.21. The molecule has 3 N–H and O–H groups in total. The summed E-state index contributed by atoms with van der Waals surface area (Å²) in [5, 5.41) is 11.1. The third-order valence-corrected chi connectivity index (χ3v) is 6.20. The topological polar surface area (TPSA) is 85.3 Å². The molecule has 2 heterocycles. The predicted octanol–water partition coefficient (Wildman–Crippen LogP) is 4.30. The van der Waals surface area contributed by atoms with E-state index in [9.17, 15) is 9.59 Å². The van der Waals surface area contributed by atoms with Crippen LogP contribution in [0.1, 0.15) is 31.5 Å². The number of rotatable bonds is 6. The van der Waals surface area contributed by atoms with E-state index in [4.69, 9.17) is 10.8 Å². The first-order chi connectivity index (χ1) is 12.4. The number of aryl methyl sites for hydroxylation is 1. The summed E-state index contributed by atoms with van der Waals surface area (Å²) in [6.07, 6.45) is 4.86. The Bertz CT molecular complexity index is 923. The van der Waals surface area contributed by atoms with Gasteiger partial charge in [-0.25, -0.2) is 0 Å². The van der Waals surface area contributed by atoms with Gasteiger partial charge in [-0.05, 0) is 65.5 Å². The molecular weight excluding hydrogens is 416 g/mol. The molecule has 7 heteroatoms. The summed E-state index contributed by atoms with van der Waals surface area (Å²) in [7, 11) is 0. The van der Waals surface area contributed by atoms with E-state index in [0.29, 0.717) is 18.4 Å². The van der Waals surface area contributed by atoms with Crippen molar-refractivity contribution < 1.29 is 14.7 Å². The number of nitrogens with two attached hydrogens (primary N) is 1. The summed E-state index contributed by atoms with van der Waals surface area (Å²) >= 11 is 5.13. The van der Waals surface area contributed by atoms with Crippen LogP contribution in [-0.2, 0) is 16.0 Å². The molecule has 26 heavy (non-hydrogen) atoms. The number of primary amides is 1. The van der Waals surface area contributed by atoms with E-state index >= 15 is 0 Å². The average Bonchev–Trinajstić information content (AvgIpc) is 3.18. The average molecular weight is 435 g/mol. The van der Waals surface area contributed by atoms with Crippen LogP contribution in [0, 0.1) is 0 Å². The summed E-state index contributed by atoms with van der Waals surface area (Å²) in [6.45, 7) is 1.98. The largest absolute Gasteiger partial charge is 0.481 e. The van der Waals surface area contributed by atoms with Crippen LogP contribution >= 0.6 is 27.3 Å². The SMILES string of the molecule is CC1=CC(C(N)=O)=CCC1n1c(CCC(=O)O)ccc1-c1cc(Br)cs1. The second-order valence-corrected chi connectivity index (χ2v) is 8.09. The van der Waals surface area contributed by atoms with Gasteiger partial charge in [-0.3, -0.25) is 9.59 Å². The van der Waals surface area contributed by atoms with Gasteiger partial charge in [-0.1, -0.05) is 6.08 Å². The lowest BCUT2D eigenvalue weighted by Crippen LogP contribution is -2.20. The van der Waals surface area contributed by atoms with E-state index in [0.717, 1.165) is 26.3 Å². The number of hydrogen-bond donors (Lipinski definition) is 2. The van der Waals surface area contributed by atoms with Gasteiger partial charge in [0.25, 0.3) is 0 Å². The fourth-order valence-corrected chi connectivity index (χ4v) is 4.70. The lowest BCUT2D eigenvalue weighted by molar-refractivity contribution is -0.137. The molecule has 1 unspecified atom stereocenters. The second kappa shape index (κ2) is 7.63. The fraction of sp³-hybridized carbons (Fsp3) is 0.263. The quantitative estimate of drug-likeness (QED) is 0.710. The highest BCUT2D eigenvalue weighted by Crippen LogP contribution is 2.38. The van der Waals surface area contributed by atoms with Crippen molar-refractivity contribution in [1.82, 2.24) is 4.57 Å². The number of aromatic nitrogens is 1. The van der Waals surface area contributed by atoms with Crippen LogP contribution in [0.5, 0.6) is 0 Å². The smallest absolute Gasteiger partial charge is 0.303 e. The third kappa shape index (κ3) is 3.83. The molecule has 2 aromatic heterocycles. The van der Waals surface area contributed by atoms with Gasteiger partial charge in [0.15, 0.2) is 0 Å². The molecule has 0 aromatic carbocycles. The van der Waals surface area contributed by atoms with Crippen molar-refractivity contribution in [2.45, 2.75) is 32.2 Å². The summed E-state index contributed by atoms with van der Waals surface area (Å²) < 4.78 is 3.21. The van der Waals surface area contributed by atoms with Crippen molar-refractivity contribution in [3.63, 3.8) is 0 Å². The first-order valence-corrected chi connectivity index (χ1v) is 9.88. The van der Waals surface area contributed by atoms with Gasteiger partial charge in [0, 0.05) is 21.1 Å². The van der Waals surface area contributed by atoms with E-state index in [1.165, 1.54) is 0 Å². The molecule has 0 fully saturated rings. The Morgan fingerprint density at radius 3 is 2.77 bits per heavy atom. The van der Waals surface area contributed by atoms with E-state index in [-0.39, 0.29) is 12.5 Å². The Morgan fingerprint density at radius 1 is 1.42 bits per heavy atom. The number of allylic oxidation sites excluding steroid dienone is 2. The molecule has 3 rings (SSSR count). The molecule has 0 spiro atoms. The minimum atomic E-state index is -0.815. The number of nitrogens with zero attached hydrogens (tertiary/aromatic N) is 1. The maximum atomic E-state index is 11.5. The number of aliphatic carboxylic acids is 1. The molecule has 1 amide bonds. The minimum Gasteiger partial charge on any atom is -0.481 e. The lowest BCUT2D eigenvalue weighted by atomic mass is 9.94. The van der Waals surface area contributed by atoms with Crippen LogP contribution in [0.25, 0.3) is 10.6 Å². The number of carboxylic acid groups (broad SMARTS) is 1. The van der Waals surface area contributed by atoms with Crippen molar-refractivity contribution in [3.8, 4) is 10.6 Å². The Hall–Kier alpha value is -2.12. The Kier molecular flexibility index (Phi) is 5.48. The summed E-state index contributed by atoms with van der Waals surface area (Å²) in [6, 6.07) is 6.12. The van der Waals surface area contributed by atoms with Gasteiger partial charge >= 0.3 is 5.97 Å². The number of thiophene rings is 1. The van der Waals surface area contributed by atoms with Crippen LogP contribution in [0.2, 0.25) is 0 Å². The highest BCUT2D eigenvalue weighted by molar-refractivity contribution is 9.10. The summed E-state index contributed by atoms with van der Waals surface area (Å²) in [5.74, 6) is -1.24. The third-order valence-electron chi connectivity index (χ3n) is 4.48. The van der Waals surface area contributed by atoms with E-state index in [1.54, 1.807) is 11.3 Å². The molecule has 1 aliphatic carbocycles. The van der Waals surface area contributed by atoms with Gasteiger partial charge < -0.3 is 15.4 Å². The number of halogens is 1. The zero-order chi connectivity index (χ0) is 18.8. The van der Waals surface area contributed by atoms with Gasteiger partial charge in [0.2, 0.25) is 5.91 Å². The summed E-state index contributed by atoms with van der Waals surface area (Å²) in [5.41, 5.74) is 8.98. The number of carbonyl (C=O) groups is 2. The molecular formula is C19H19BrN2O3S. The minimum absolute atomic E-state index is 0.0350. The normalized spacial score (nSPS) is 16.9. The monoisotopic (exact) mass is 434 g/mol. The Labute approximate surface area is 164 Å². The van der Waals surface area contributed by atoms with Gasteiger partial charge in [0.05, 0.1) is 23.0 Å². The molecule has 0 saturated heterocycles. The van der Waals surface area contributed by atoms with Gasteiger partial charge in [-0.15, -0.1) is 11.3 Å². The lowest BCUT2D eigenvalue weighted by Gasteiger charge is -2.27. The highest BCUT2D eigenvalue weighted by Gasteiger charge is 2.24. The van der Waals surface area contributed by atoms with E-state index in [1.807, 2.05) is 36.6 Å². The van der Waals surface area contributed by atoms with Crippen LogP contribution < -0.4 is 5.73 Å². The van der Waals surface area contributed by atoms with Gasteiger partial charge in [0.1, 0.15) is 0 Å². The zero-order valence-corrected chi connectivity index (χ0v) is 16.6. The fourth-order valence-electron chi connectivity index (χ4n) is 3.25. The molecule has 1 aliphatic rings. The molecule has 5 nitrogen and oxygen atoms in total. The maximum absolute atomic E-state index is 11.5. The number of carboxylic acids is 1. The van der Waals surface area contributed by atoms with Crippen molar-refractivity contribution in [3.05, 3.63) is 57.0 Å². The summed E-state index contributed by atoms with van der Waals surface area (Å²) in [4.78, 5) is 23.6. The van der Waals surface area contributed by atoms with Crippen LogP contribution in [-0.4, -0.2) is 21.6 Å². The molecule has 0 radical (unpaired) electrons. The highest BCUT2D eigenvalue weighted by atomic mass is 79.9. The van der Waals surface area contributed by atoms with Crippen LogP contribution in [0.3, 0.4) is 0 Å². The molecule has 0 bridgehead atoms. The zero-order valence-electron chi connectivity index (χ0n) is 14.2. The van der Waals surface area contributed by atoms with E-state index in [2.05, 4.69) is 26.6 Å². The molecule has 1 atom stereocenters. The molecule has 2 aromatic rings. The molecule has 0 saturated carbocycles. The number of amides is 1. The molecule has 0 aliphatic heterocycles. The molecule has 136 valence electrons. The standard InChI is InChI=1S/C19H19BrN2O3S/c1-11-8-12(19(21)25)2-5-15(11)22-14(4-7-18(23)24)3-6-16(22)17-9-13(20)10-26-17/h2-3,6,8-10,15H,4-5,7H2,1H3,(H2,21,25)(H,23,24). The van der Waals surface area contributed by atoms with Crippen LogP contribution in [0.15, 0.2) is 51.4 Å². The Balaban J connectivity index is 2.03. The van der Waals surface area contributed by atoms with Crippen molar-refractivity contribution in [2.24, 2.45) is 5.73 Å².